The van der Waals surface area contributed by atoms with E-state index in [-0.39, 0.29) is 0 Å². The van der Waals surface area contributed by atoms with E-state index >= 15 is 0 Å². The third-order valence-electron chi connectivity index (χ3n) is 3.94. The molecule has 1 heterocycles. The Morgan fingerprint density at radius 1 is 1.30 bits per heavy atom. The first-order chi connectivity index (χ1) is 9.64. The summed E-state index contributed by atoms with van der Waals surface area (Å²) in [6, 6.07) is 8.24. The van der Waals surface area contributed by atoms with Crippen molar-refractivity contribution in [3.05, 3.63) is 36.8 Å². The number of aliphatic hydroxyl groups is 1. The molecule has 1 unspecified atom stereocenters. The summed E-state index contributed by atoms with van der Waals surface area (Å²) in [4.78, 5) is 3.34. The highest BCUT2D eigenvalue weighted by molar-refractivity contribution is 7.99. The van der Waals surface area contributed by atoms with Gasteiger partial charge >= 0.3 is 0 Å². The van der Waals surface area contributed by atoms with Crippen LogP contribution in [-0.4, -0.2) is 28.8 Å². The topological polar surface area (TPSA) is 23.5 Å². The number of likely N-dealkylation sites (tertiary alicyclic amines) is 1. The van der Waals surface area contributed by atoms with E-state index in [4.69, 9.17) is 0 Å². The molecule has 1 atom stereocenters. The van der Waals surface area contributed by atoms with Crippen molar-refractivity contribution in [2.45, 2.75) is 49.6 Å². The number of rotatable bonds is 6. The molecule has 1 aliphatic rings. The molecule has 1 aliphatic heterocycles. The number of hydrogen-bond donors (Lipinski definition) is 1. The summed E-state index contributed by atoms with van der Waals surface area (Å²) in [5, 5.41) is 10.8. The number of hydrogen-bond acceptors (Lipinski definition) is 3. The van der Waals surface area contributed by atoms with Crippen molar-refractivity contribution in [1.29, 1.82) is 0 Å². The van der Waals surface area contributed by atoms with Crippen LogP contribution in [0.1, 0.15) is 44.6 Å². The van der Waals surface area contributed by atoms with Gasteiger partial charge < -0.3 is 5.11 Å². The standard InChI is InChI=1S/C17H26NOS/c1-3-4-13-20-16-10-8-9-15(14-16)17(2,19)18-11-6-5-7-12-18/h8-10,14,19H,2-7,11-13H2,1H3. The van der Waals surface area contributed by atoms with E-state index in [2.05, 4.69) is 30.9 Å². The summed E-state index contributed by atoms with van der Waals surface area (Å²) in [5.41, 5.74) is -0.164. The summed E-state index contributed by atoms with van der Waals surface area (Å²) in [6.07, 6.45) is 6.03. The molecule has 1 saturated heterocycles. The first-order valence-corrected chi connectivity index (χ1v) is 8.69. The average Bonchev–Trinajstić information content (AvgIpc) is 2.49. The monoisotopic (exact) mass is 292 g/mol. The van der Waals surface area contributed by atoms with Crippen molar-refractivity contribution in [3.63, 3.8) is 0 Å². The van der Waals surface area contributed by atoms with Gasteiger partial charge in [0.15, 0.2) is 0 Å². The lowest BCUT2D eigenvalue weighted by molar-refractivity contribution is -0.0858. The zero-order valence-electron chi connectivity index (χ0n) is 12.5. The summed E-state index contributed by atoms with van der Waals surface area (Å²) >= 11 is 1.86. The smallest absolute Gasteiger partial charge is 0.144 e. The van der Waals surface area contributed by atoms with Crippen LogP contribution in [-0.2, 0) is 5.72 Å². The predicted molar refractivity (Wildman–Crippen MR) is 86.8 cm³/mol. The van der Waals surface area contributed by atoms with Gasteiger partial charge in [0.25, 0.3) is 0 Å². The molecular formula is C17H26NOS. The maximum atomic E-state index is 10.8. The van der Waals surface area contributed by atoms with E-state index in [1.54, 1.807) is 0 Å². The van der Waals surface area contributed by atoms with Gasteiger partial charge in [0.1, 0.15) is 5.72 Å². The minimum Gasteiger partial charge on any atom is -0.371 e. The molecule has 20 heavy (non-hydrogen) atoms. The van der Waals surface area contributed by atoms with Crippen molar-refractivity contribution >= 4 is 11.8 Å². The molecule has 1 aromatic carbocycles. The molecule has 1 fully saturated rings. The minimum atomic E-state index is -1.08. The van der Waals surface area contributed by atoms with Gasteiger partial charge in [-0.15, -0.1) is 11.8 Å². The molecule has 2 rings (SSSR count). The summed E-state index contributed by atoms with van der Waals surface area (Å²) in [7, 11) is 0. The third-order valence-corrected chi connectivity index (χ3v) is 5.02. The highest BCUT2D eigenvalue weighted by Gasteiger charge is 2.32. The molecular weight excluding hydrogens is 266 g/mol. The molecule has 111 valence electrons. The fourth-order valence-electron chi connectivity index (χ4n) is 2.62. The van der Waals surface area contributed by atoms with Crippen molar-refractivity contribution in [3.8, 4) is 0 Å². The van der Waals surface area contributed by atoms with Gasteiger partial charge in [-0.05, 0) is 49.6 Å². The zero-order chi connectivity index (χ0) is 14.4. The van der Waals surface area contributed by atoms with Gasteiger partial charge in [0.05, 0.1) is 0 Å². The van der Waals surface area contributed by atoms with Gasteiger partial charge in [0, 0.05) is 18.0 Å². The van der Waals surface area contributed by atoms with Crippen LogP contribution in [0, 0.1) is 6.92 Å². The van der Waals surface area contributed by atoms with Gasteiger partial charge in [-0.2, -0.15) is 0 Å². The fraction of sp³-hybridized carbons (Fsp3) is 0.588. The van der Waals surface area contributed by atoms with Crippen LogP contribution >= 0.6 is 11.8 Å². The molecule has 1 N–H and O–H groups in total. The molecule has 2 nitrogen and oxygen atoms in total. The Balaban J connectivity index is 2.07. The van der Waals surface area contributed by atoms with Crippen molar-refractivity contribution in [1.82, 2.24) is 4.90 Å². The van der Waals surface area contributed by atoms with E-state index in [1.807, 2.05) is 23.9 Å². The van der Waals surface area contributed by atoms with E-state index in [9.17, 15) is 5.11 Å². The number of piperidine rings is 1. The third kappa shape index (κ3) is 4.00. The molecule has 0 saturated carbocycles. The van der Waals surface area contributed by atoms with Crippen molar-refractivity contribution in [2.75, 3.05) is 18.8 Å². The molecule has 3 heteroatoms. The second-order valence-electron chi connectivity index (χ2n) is 5.59. The molecule has 0 bridgehead atoms. The summed E-state index contributed by atoms with van der Waals surface area (Å²) in [5.74, 6) is 1.14. The summed E-state index contributed by atoms with van der Waals surface area (Å²) in [6.45, 7) is 8.16. The van der Waals surface area contributed by atoms with Crippen LogP contribution in [0.5, 0.6) is 0 Å². The highest BCUT2D eigenvalue weighted by Crippen LogP contribution is 2.30. The second kappa shape index (κ2) is 7.48. The Hall–Kier alpha value is -0.510. The lowest BCUT2D eigenvalue weighted by atomic mass is 9.99. The Labute approximate surface area is 127 Å². The zero-order valence-corrected chi connectivity index (χ0v) is 13.3. The summed E-state index contributed by atoms with van der Waals surface area (Å²) < 4.78 is 0. The van der Waals surface area contributed by atoms with Gasteiger partial charge in [-0.1, -0.05) is 31.9 Å². The minimum absolute atomic E-state index is 0.917. The van der Waals surface area contributed by atoms with E-state index in [1.165, 1.54) is 24.2 Å². The first-order valence-electron chi connectivity index (χ1n) is 7.70. The lowest BCUT2D eigenvalue weighted by Crippen LogP contribution is -2.46. The largest absolute Gasteiger partial charge is 0.371 e. The normalized spacial score (nSPS) is 19.8. The Kier molecular flexibility index (Phi) is 5.94. The molecule has 1 radical (unpaired) electrons. The van der Waals surface area contributed by atoms with Gasteiger partial charge in [0.2, 0.25) is 0 Å². The quantitative estimate of drug-likeness (QED) is 0.632. The molecule has 1 aromatic rings. The Morgan fingerprint density at radius 2 is 2.05 bits per heavy atom. The Morgan fingerprint density at radius 3 is 2.75 bits per heavy atom. The molecule has 0 amide bonds. The molecule has 0 aliphatic carbocycles. The maximum Gasteiger partial charge on any atom is 0.144 e. The van der Waals surface area contributed by atoms with Gasteiger partial charge in [-0.3, -0.25) is 4.90 Å². The van der Waals surface area contributed by atoms with Crippen LogP contribution in [0.15, 0.2) is 29.2 Å². The maximum absolute atomic E-state index is 10.8. The number of nitrogens with zero attached hydrogens (tertiary/aromatic N) is 1. The molecule has 0 aromatic heterocycles. The van der Waals surface area contributed by atoms with E-state index < -0.39 is 5.72 Å². The second-order valence-corrected chi connectivity index (χ2v) is 6.76. The van der Waals surface area contributed by atoms with Crippen LogP contribution in [0.2, 0.25) is 0 Å². The van der Waals surface area contributed by atoms with Crippen molar-refractivity contribution in [2.24, 2.45) is 0 Å². The van der Waals surface area contributed by atoms with Crippen LogP contribution in [0.25, 0.3) is 0 Å². The number of thioether (sulfide) groups is 1. The van der Waals surface area contributed by atoms with Crippen LogP contribution in [0.4, 0.5) is 0 Å². The molecule has 0 spiro atoms. The fourth-order valence-corrected chi connectivity index (χ4v) is 3.67. The van der Waals surface area contributed by atoms with E-state index in [0.29, 0.717) is 0 Å². The average molecular weight is 292 g/mol. The predicted octanol–water partition coefficient (Wildman–Crippen LogP) is 4.04. The Bertz CT molecular complexity index is 413. The van der Waals surface area contributed by atoms with Crippen LogP contribution in [0.3, 0.4) is 0 Å². The lowest BCUT2D eigenvalue weighted by Gasteiger charge is -2.39. The van der Waals surface area contributed by atoms with E-state index in [0.717, 1.165) is 37.2 Å². The van der Waals surface area contributed by atoms with Crippen LogP contribution < -0.4 is 0 Å². The van der Waals surface area contributed by atoms with Gasteiger partial charge in [-0.25, -0.2) is 0 Å². The first kappa shape index (κ1) is 15.9. The SMILES string of the molecule is [CH2]C(O)(c1cccc(SCCCC)c1)N1CCCCC1. The number of benzene rings is 1. The number of unbranched alkanes of at least 4 members (excludes halogenated alkanes) is 1. The highest BCUT2D eigenvalue weighted by atomic mass is 32.2. The van der Waals surface area contributed by atoms with Crippen molar-refractivity contribution < 1.29 is 5.11 Å².